The van der Waals surface area contributed by atoms with Gasteiger partial charge in [-0.3, -0.25) is 5.32 Å². The number of rotatable bonds is 4. The van der Waals surface area contributed by atoms with E-state index in [-0.39, 0.29) is 12.0 Å². The number of imidazole rings is 1. The number of nitrogens with zero attached hydrogens (tertiary/aromatic N) is 3. The molecule has 2 aromatic heterocycles. The molecule has 3 aromatic rings. The van der Waals surface area contributed by atoms with Crippen molar-refractivity contribution < 1.29 is 9.21 Å². The largest absolute Gasteiger partial charge is 0.428 e. The summed E-state index contributed by atoms with van der Waals surface area (Å²) in [4.78, 5) is 20.6. The molecule has 0 unspecified atom stereocenters. The number of benzene rings is 1. The van der Waals surface area contributed by atoms with Crippen molar-refractivity contribution in [3.8, 4) is 0 Å². The standard InChI is InChI=1S/C16H19N5O2/c1-4-21-13-8-6-5-7-12(13)19-14(21)9-17-15(22)20-16-18-10(2)11(3)23-16/h5-8H,4,9H2,1-3H3,(H2,17,18,20,22). The fourth-order valence-electron chi connectivity index (χ4n) is 2.44. The number of para-hydroxylation sites is 2. The van der Waals surface area contributed by atoms with Crippen LogP contribution in [0, 0.1) is 13.8 Å². The van der Waals surface area contributed by atoms with Crippen LogP contribution in [0.3, 0.4) is 0 Å². The summed E-state index contributed by atoms with van der Waals surface area (Å²) in [6.45, 7) is 6.79. The van der Waals surface area contributed by atoms with Gasteiger partial charge in [0.05, 0.1) is 23.3 Å². The highest BCUT2D eigenvalue weighted by Crippen LogP contribution is 2.16. The second-order valence-electron chi connectivity index (χ2n) is 5.23. The smallest absolute Gasteiger partial charge is 0.323 e. The summed E-state index contributed by atoms with van der Waals surface area (Å²) in [6.07, 6.45) is 0. The first-order valence-electron chi connectivity index (χ1n) is 7.51. The van der Waals surface area contributed by atoms with Crippen LogP contribution in [0.5, 0.6) is 0 Å². The number of aryl methyl sites for hydroxylation is 3. The van der Waals surface area contributed by atoms with Crippen molar-refractivity contribution in [2.45, 2.75) is 33.9 Å². The van der Waals surface area contributed by atoms with Gasteiger partial charge in [-0.25, -0.2) is 9.78 Å². The van der Waals surface area contributed by atoms with Crippen molar-refractivity contribution in [1.29, 1.82) is 0 Å². The molecule has 1 aromatic carbocycles. The first-order valence-corrected chi connectivity index (χ1v) is 7.51. The van der Waals surface area contributed by atoms with Crippen molar-refractivity contribution >= 4 is 23.1 Å². The average Bonchev–Trinajstić information content (AvgIpc) is 3.04. The van der Waals surface area contributed by atoms with Gasteiger partial charge in [0.25, 0.3) is 0 Å². The summed E-state index contributed by atoms with van der Waals surface area (Å²) < 4.78 is 7.40. The molecule has 2 amide bonds. The molecule has 7 nitrogen and oxygen atoms in total. The van der Waals surface area contributed by atoms with E-state index < -0.39 is 0 Å². The van der Waals surface area contributed by atoms with E-state index in [9.17, 15) is 4.79 Å². The van der Waals surface area contributed by atoms with Gasteiger partial charge in [-0.05, 0) is 32.9 Å². The highest BCUT2D eigenvalue weighted by Gasteiger charge is 2.12. The van der Waals surface area contributed by atoms with E-state index in [4.69, 9.17) is 4.42 Å². The summed E-state index contributed by atoms with van der Waals surface area (Å²) in [5.41, 5.74) is 2.74. The van der Waals surface area contributed by atoms with Gasteiger partial charge in [-0.15, -0.1) is 0 Å². The molecular formula is C16H19N5O2. The first-order chi connectivity index (χ1) is 11.1. The van der Waals surface area contributed by atoms with Gasteiger partial charge in [0, 0.05) is 6.54 Å². The Balaban J connectivity index is 1.69. The maximum absolute atomic E-state index is 12.0. The molecule has 0 aliphatic heterocycles. The maximum Gasteiger partial charge on any atom is 0.323 e. The summed E-state index contributed by atoms with van der Waals surface area (Å²) in [5, 5.41) is 5.36. The molecule has 0 aliphatic rings. The summed E-state index contributed by atoms with van der Waals surface area (Å²) in [6, 6.07) is 7.74. The van der Waals surface area contributed by atoms with Crippen LogP contribution in [0.15, 0.2) is 28.7 Å². The number of fused-ring (bicyclic) bond motifs is 1. The van der Waals surface area contributed by atoms with Crippen LogP contribution in [-0.2, 0) is 13.1 Å². The lowest BCUT2D eigenvalue weighted by molar-refractivity contribution is 0.250. The quantitative estimate of drug-likeness (QED) is 0.775. The number of anilines is 1. The normalized spacial score (nSPS) is 10.9. The topological polar surface area (TPSA) is 85.0 Å². The minimum Gasteiger partial charge on any atom is -0.428 e. The predicted molar refractivity (Wildman–Crippen MR) is 87.2 cm³/mol. The molecule has 0 spiro atoms. The molecule has 0 saturated carbocycles. The number of carbonyl (C=O) groups excluding carboxylic acids is 1. The number of hydrogen-bond acceptors (Lipinski definition) is 4. The Hall–Kier alpha value is -2.83. The number of nitrogens with one attached hydrogen (secondary N) is 2. The van der Waals surface area contributed by atoms with E-state index >= 15 is 0 Å². The van der Waals surface area contributed by atoms with Crippen LogP contribution >= 0.6 is 0 Å². The molecule has 0 atom stereocenters. The number of hydrogen-bond donors (Lipinski definition) is 2. The predicted octanol–water partition coefficient (Wildman–Crippen LogP) is 2.98. The van der Waals surface area contributed by atoms with E-state index in [0.29, 0.717) is 12.3 Å². The van der Waals surface area contributed by atoms with Gasteiger partial charge < -0.3 is 14.3 Å². The van der Waals surface area contributed by atoms with Crippen molar-refractivity contribution in [1.82, 2.24) is 19.9 Å². The third-order valence-corrected chi connectivity index (χ3v) is 3.71. The van der Waals surface area contributed by atoms with Crippen molar-refractivity contribution in [3.63, 3.8) is 0 Å². The Morgan fingerprint density at radius 1 is 1.26 bits per heavy atom. The fourth-order valence-corrected chi connectivity index (χ4v) is 2.44. The zero-order valence-electron chi connectivity index (χ0n) is 13.4. The van der Waals surface area contributed by atoms with Gasteiger partial charge in [0.2, 0.25) is 0 Å². The van der Waals surface area contributed by atoms with Crippen molar-refractivity contribution in [2.75, 3.05) is 5.32 Å². The molecule has 0 aliphatic carbocycles. The Bertz CT molecular complexity index is 830. The number of carbonyl (C=O) groups is 1. The SMILES string of the molecule is CCn1c(CNC(=O)Nc2nc(C)c(C)o2)nc2ccccc21. The lowest BCUT2D eigenvalue weighted by Gasteiger charge is -2.07. The minimum atomic E-state index is -0.374. The molecule has 120 valence electrons. The third-order valence-electron chi connectivity index (χ3n) is 3.71. The van der Waals surface area contributed by atoms with Crippen molar-refractivity contribution in [2.24, 2.45) is 0 Å². The summed E-state index contributed by atoms with van der Waals surface area (Å²) in [7, 11) is 0. The molecule has 3 rings (SSSR count). The van der Waals surface area contributed by atoms with E-state index in [0.717, 1.165) is 29.1 Å². The molecule has 23 heavy (non-hydrogen) atoms. The highest BCUT2D eigenvalue weighted by atomic mass is 16.4. The zero-order chi connectivity index (χ0) is 16.4. The fraction of sp³-hybridized carbons (Fsp3) is 0.312. The van der Waals surface area contributed by atoms with Crippen LogP contribution in [-0.4, -0.2) is 20.6 Å². The molecule has 2 heterocycles. The van der Waals surface area contributed by atoms with Crippen LogP contribution < -0.4 is 10.6 Å². The Morgan fingerprint density at radius 2 is 2.04 bits per heavy atom. The molecule has 2 N–H and O–H groups in total. The lowest BCUT2D eigenvalue weighted by Crippen LogP contribution is -2.29. The van der Waals surface area contributed by atoms with E-state index in [2.05, 4.69) is 32.1 Å². The van der Waals surface area contributed by atoms with Crippen molar-refractivity contribution in [3.05, 3.63) is 41.5 Å². The molecule has 0 bridgehead atoms. The first kappa shape index (κ1) is 15.1. The van der Waals surface area contributed by atoms with E-state index in [1.54, 1.807) is 6.92 Å². The lowest BCUT2D eigenvalue weighted by atomic mass is 10.3. The van der Waals surface area contributed by atoms with Gasteiger partial charge >= 0.3 is 12.0 Å². The second kappa shape index (κ2) is 6.12. The molecule has 7 heteroatoms. The van der Waals surface area contributed by atoms with Crippen LogP contribution in [0.25, 0.3) is 11.0 Å². The molecule has 0 fully saturated rings. The Morgan fingerprint density at radius 3 is 2.74 bits per heavy atom. The monoisotopic (exact) mass is 313 g/mol. The minimum absolute atomic E-state index is 0.196. The van der Waals surface area contributed by atoms with Gasteiger partial charge in [-0.1, -0.05) is 12.1 Å². The third kappa shape index (κ3) is 3.03. The Labute approximate surface area is 133 Å². The molecular weight excluding hydrogens is 294 g/mol. The van der Waals surface area contributed by atoms with Gasteiger partial charge in [-0.2, -0.15) is 4.98 Å². The summed E-state index contributed by atoms with van der Waals surface area (Å²) in [5.74, 6) is 1.50. The number of amides is 2. The van der Waals surface area contributed by atoms with Crippen LogP contribution in [0.4, 0.5) is 10.8 Å². The highest BCUT2D eigenvalue weighted by molar-refractivity contribution is 5.87. The van der Waals surface area contributed by atoms with Gasteiger partial charge in [0.15, 0.2) is 0 Å². The number of urea groups is 1. The number of aromatic nitrogens is 3. The van der Waals surface area contributed by atoms with Crippen LogP contribution in [0.1, 0.15) is 24.2 Å². The average molecular weight is 313 g/mol. The van der Waals surface area contributed by atoms with E-state index in [1.807, 2.05) is 31.2 Å². The van der Waals surface area contributed by atoms with E-state index in [1.165, 1.54) is 0 Å². The molecule has 0 radical (unpaired) electrons. The van der Waals surface area contributed by atoms with Crippen LogP contribution in [0.2, 0.25) is 0 Å². The van der Waals surface area contributed by atoms with Gasteiger partial charge in [0.1, 0.15) is 11.6 Å². The summed E-state index contributed by atoms with van der Waals surface area (Å²) >= 11 is 0. The molecule has 0 saturated heterocycles. The zero-order valence-corrected chi connectivity index (χ0v) is 13.4. The Kier molecular flexibility index (Phi) is 4.01. The second-order valence-corrected chi connectivity index (χ2v) is 5.23. The maximum atomic E-state index is 12.0. The number of oxazole rings is 1.